The number of carbonyl (C=O) groups excluding carboxylic acids is 1. The minimum absolute atomic E-state index is 0.159. The van der Waals surface area contributed by atoms with E-state index in [1.165, 1.54) is 0 Å². The maximum absolute atomic E-state index is 12.1. The fraction of sp³-hybridized carbons (Fsp3) is 0.385. The van der Waals surface area contributed by atoms with Gasteiger partial charge >= 0.3 is 0 Å². The molecule has 2 aromatic rings. The Morgan fingerprint density at radius 1 is 1.52 bits per heavy atom. The summed E-state index contributed by atoms with van der Waals surface area (Å²) >= 11 is 0. The van der Waals surface area contributed by atoms with Gasteiger partial charge in [0, 0.05) is 18.8 Å². The SMILES string of the molecule is Cc1nnnn1-c1cccc(NC(=O)C2CNCCO2)c1. The molecule has 3 rings (SSSR count). The van der Waals surface area contributed by atoms with Crippen LogP contribution in [-0.4, -0.2) is 51.9 Å². The highest BCUT2D eigenvalue weighted by Crippen LogP contribution is 2.15. The highest BCUT2D eigenvalue weighted by Gasteiger charge is 2.21. The molecule has 1 fully saturated rings. The lowest BCUT2D eigenvalue weighted by Crippen LogP contribution is -2.45. The number of morpholine rings is 1. The topological polar surface area (TPSA) is 94.0 Å². The quantitative estimate of drug-likeness (QED) is 0.819. The molecule has 1 unspecified atom stereocenters. The minimum Gasteiger partial charge on any atom is -0.366 e. The minimum atomic E-state index is -0.461. The summed E-state index contributed by atoms with van der Waals surface area (Å²) < 4.78 is 7.03. The summed E-state index contributed by atoms with van der Waals surface area (Å²) in [5.41, 5.74) is 1.47. The zero-order chi connectivity index (χ0) is 14.7. The number of amides is 1. The standard InChI is InChI=1S/C13H16N6O2/c1-9-16-17-18-19(9)11-4-2-3-10(7-11)15-13(20)12-8-14-5-6-21-12/h2-4,7,12,14H,5-6,8H2,1H3,(H,15,20). The first-order chi connectivity index (χ1) is 10.2. The summed E-state index contributed by atoms with van der Waals surface area (Å²) in [6, 6.07) is 7.35. The van der Waals surface area contributed by atoms with E-state index in [4.69, 9.17) is 4.74 Å². The van der Waals surface area contributed by atoms with Crippen LogP contribution >= 0.6 is 0 Å². The van der Waals surface area contributed by atoms with Crippen molar-refractivity contribution in [1.82, 2.24) is 25.5 Å². The molecule has 110 valence electrons. The van der Waals surface area contributed by atoms with E-state index in [0.29, 0.717) is 24.7 Å². The van der Waals surface area contributed by atoms with E-state index in [9.17, 15) is 4.79 Å². The maximum atomic E-state index is 12.1. The fourth-order valence-electron chi connectivity index (χ4n) is 2.14. The van der Waals surface area contributed by atoms with Gasteiger partial charge in [-0.1, -0.05) is 6.07 Å². The number of tetrazole rings is 1. The Balaban J connectivity index is 1.74. The fourth-order valence-corrected chi connectivity index (χ4v) is 2.14. The third-order valence-corrected chi connectivity index (χ3v) is 3.20. The molecule has 0 radical (unpaired) electrons. The van der Waals surface area contributed by atoms with Crippen LogP contribution in [0.25, 0.3) is 5.69 Å². The highest BCUT2D eigenvalue weighted by molar-refractivity contribution is 5.94. The van der Waals surface area contributed by atoms with Crippen LogP contribution in [0.4, 0.5) is 5.69 Å². The molecule has 0 saturated carbocycles. The van der Waals surface area contributed by atoms with Crippen LogP contribution < -0.4 is 10.6 Å². The van der Waals surface area contributed by atoms with Crippen molar-refractivity contribution in [2.45, 2.75) is 13.0 Å². The van der Waals surface area contributed by atoms with Gasteiger partial charge in [0.25, 0.3) is 5.91 Å². The van der Waals surface area contributed by atoms with E-state index in [0.717, 1.165) is 12.2 Å². The summed E-state index contributed by atoms with van der Waals surface area (Å²) in [7, 11) is 0. The third-order valence-electron chi connectivity index (χ3n) is 3.20. The van der Waals surface area contributed by atoms with Crippen molar-refractivity contribution in [2.75, 3.05) is 25.0 Å². The molecule has 1 aliphatic heterocycles. The van der Waals surface area contributed by atoms with Crippen LogP contribution in [0.3, 0.4) is 0 Å². The van der Waals surface area contributed by atoms with Crippen LogP contribution in [-0.2, 0) is 9.53 Å². The number of hydrogen-bond acceptors (Lipinski definition) is 6. The largest absolute Gasteiger partial charge is 0.366 e. The summed E-state index contributed by atoms with van der Waals surface area (Å²) in [4.78, 5) is 12.1. The van der Waals surface area contributed by atoms with E-state index in [1.54, 1.807) is 4.68 Å². The molecule has 8 heteroatoms. The van der Waals surface area contributed by atoms with Gasteiger partial charge in [-0.2, -0.15) is 4.68 Å². The average Bonchev–Trinajstić information content (AvgIpc) is 2.94. The number of anilines is 1. The molecule has 8 nitrogen and oxygen atoms in total. The lowest BCUT2D eigenvalue weighted by atomic mass is 10.2. The number of aryl methyl sites for hydroxylation is 1. The number of ether oxygens (including phenoxy) is 1. The number of hydrogen-bond donors (Lipinski definition) is 2. The Morgan fingerprint density at radius 2 is 2.43 bits per heavy atom. The second-order valence-corrected chi connectivity index (χ2v) is 4.74. The van der Waals surface area contributed by atoms with Gasteiger partial charge in [-0.25, -0.2) is 0 Å². The van der Waals surface area contributed by atoms with Crippen molar-refractivity contribution in [1.29, 1.82) is 0 Å². The van der Waals surface area contributed by atoms with E-state index in [1.807, 2.05) is 31.2 Å². The second-order valence-electron chi connectivity index (χ2n) is 4.74. The lowest BCUT2D eigenvalue weighted by Gasteiger charge is -2.22. The molecule has 1 amide bonds. The van der Waals surface area contributed by atoms with E-state index >= 15 is 0 Å². The second kappa shape index (κ2) is 5.98. The first-order valence-electron chi connectivity index (χ1n) is 6.72. The van der Waals surface area contributed by atoms with Gasteiger partial charge in [0.05, 0.1) is 12.3 Å². The molecular formula is C13H16N6O2. The molecule has 0 aliphatic carbocycles. The van der Waals surface area contributed by atoms with Crippen LogP contribution in [0.5, 0.6) is 0 Å². The Bertz CT molecular complexity index is 635. The monoisotopic (exact) mass is 288 g/mol. The predicted molar refractivity (Wildman–Crippen MR) is 75.1 cm³/mol. The maximum Gasteiger partial charge on any atom is 0.254 e. The molecule has 1 atom stereocenters. The van der Waals surface area contributed by atoms with Gasteiger partial charge in [0.1, 0.15) is 6.10 Å². The van der Waals surface area contributed by atoms with Gasteiger partial charge in [-0.05, 0) is 35.5 Å². The van der Waals surface area contributed by atoms with Crippen LogP contribution in [0.2, 0.25) is 0 Å². The van der Waals surface area contributed by atoms with Crippen molar-refractivity contribution < 1.29 is 9.53 Å². The normalized spacial score (nSPS) is 18.4. The highest BCUT2D eigenvalue weighted by atomic mass is 16.5. The molecule has 0 spiro atoms. The first-order valence-corrected chi connectivity index (χ1v) is 6.72. The van der Waals surface area contributed by atoms with Crippen LogP contribution in [0.1, 0.15) is 5.82 Å². The van der Waals surface area contributed by atoms with Crippen molar-refractivity contribution >= 4 is 11.6 Å². The molecule has 0 bridgehead atoms. The molecule has 21 heavy (non-hydrogen) atoms. The summed E-state index contributed by atoms with van der Waals surface area (Å²) in [5.74, 6) is 0.520. The number of nitrogens with zero attached hydrogens (tertiary/aromatic N) is 4. The van der Waals surface area contributed by atoms with Gasteiger partial charge in [-0.3, -0.25) is 4.79 Å². The third kappa shape index (κ3) is 3.06. The Hall–Kier alpha value is -2.32. The van der Waals surface area contributed by atoms with E-state index in [-0.39, 0.29) is 5.91 Å². The Kier molecular flexibility index (Phi) is 3.89. The zero-order valence-corrected chi connectivity index (χ0v) is 11.6. The van der Waals surface area contributed by atoms with Crippen LogP contribution in [0, 0.1) is 6.92 Å². The van der Waals surface area contributed by atoms with Crippen molar-refractivity contribution in [3.8, 4) is 5.69 Å². The van der Waals surface area contributed by atoms with Crippen LogP contribution in [0.15, 0.2) is 24.3 Å². The predicted octanol–water partition coefficient (Wildman–Crippen LogP) is -0.102. The first kappa shape index (κ1) is 13.7. The summed E-state index contributed by atoms with van der Waals surface area (Å²) in [5, 5.41) is 17.3. The summed E-state index contributed by atoms with van der Waals surface area (Å²) in [6.45, 7) is 3.66. The number of benzene rings is 1. The Morgan fingerprint density at radius 3 is 3.14 bits per heavy atom. The van der Waals surface area contributed by atoms with Crippen molar-refractivity contribution in [3.63, 3.8) is 0 Å². The van der Waals surface area contributed by atoms with Gasteiger partial charge in [-0.15, -0.1) is 5.10 Å². The number of aromatic nitrogens is 4. The van der Waals surface area contributed by atoms with Gasteiger partial charge in [0.15, 0.2) is 5.82 Å². The van der Waals surface area contributed by atoms with E-state index in [2.05, 4.69) is 26.2 Å². The molecule has 1 aliphatic rings. The number of rotatable bonds is 3. The molecular weight excluding hydrogens is 272 g/mol. The van der Waals surface area contributed by atoms with Gasteiger partial charge in [0.2, 0.25) is 0 Å². The average molecular weight is 288 g/mol. The smallest absolute Gasteiger partial charge is 0.254 e. The lowest BCUT2D eigenvalue weighted by molar-refractivity contribution is -0.128. The molecule has 1 aromatic carbocycles. The van der Waals surface area contributed by atoms with Crippen molar-refractivity contribution in [2.24, 2.45) is 0 Å². The zero-order valence-electron chi connectivity index (χ0n) is 11.6. The molecule has 2 heterocycles. The number of carbonyl (C=O) groups is 1. The summed E-state index contributed by atoms with van der Waals surface area (Å²) in [6.07, 6.45) is -0.461. The Labute approximate surface area is 121 Å². The molecule has 2 N–H and O–H groups in total. The van der Waals surface area contributed by atoms with Crippen molar-refractivity contribution in [3.05, 3.63) is 30.1 Å². The van der Waals surface area contributed by atoms with Gasteiger partial charge < -0.3 is 15.4 Å². The molecule has 1 saturated heterocycles. The number of nitrogens with one attached hydrogen (secondary N) is 2. The molecule has 1 aromatic heterocycles. The van der Waals surface area contributed by atoms with E-state index < -0.39 is 6.10 Å².